The van der Waals surface area contributed by atoms with Crippen molar-refractivity contribution in [1.29, 1.82) is 0 Å². The van der Waals surface area contributed by atoms with Gasteiger partial charge >= 0.3 is 11.9 Å². The molecule has 9 heteroatoms. The SMILES string of the molecule is CC1=C[C@H]2O[C@@H]3C[C@H]4OC(=O)/C=C\C=C\[C@]5([C@H](C)O)OCC/C(=C/C(=O)OCC2(CC1)C4(C)[C@]31CO1)[C@H]5O. The maximum Gasteiger partial charge on any atom is 0.331 e. The van der Waals surface area contributed by atoms with E-state index in [-0.39, 0.29) is 25.4 Å². The minimum absolute atomic E-state index is 0.0519. The third-order valence-electron chi connectivity index (χ3n) is 10.1. The zero-order chi connectivity index (χ0) is 26.9. The Balaban J connectivity index is 1.44. The van der Waals surface area contributed by atoms with Gasteiger partial charge in [-0.05, 0) is 44.8 Å². The van der Waals surface area contributed by atoms with Gasteiger partial charge in [0.25, 0.3) is 0 Å². The third kappa shape index (κ3) is 3.48. The third-order valence-corrected chi connectivity index (χ3v) is 10.1. The van der Waals surface area contributed by atoms with E-state index in [4.69, 9.17) is 23.7 Å². The molecular formula is C29H36O9. The standard InChI is InChI=1S/C29H36O9/c1-17-7-10-27-15-34-24(32)13-19-8-11-35-28(18(2)30,25(19)33)9-5-4-6-23(31)38-20-14-22(37-21(27)12-17)29(16-36-29)26(20,27)3/h4-6,9,12-13,18,20-22,25,30,33H,7-8,10-11,14-16H2,1-3H3/b6-4-,9-5+,19-13-/t18-,20+,21+,22+,25+,26?,27?,28+,29-/m0/s1. The Morgan fingerprint density at radius 2 is 1.87 bits per heavy atom. The molecule has 0 aromatic rings. The number of hydrogen-bond donors (Lipinski definition) is 2. The highest BCUT2D eigenvalue weighted by molar-refractivity contribution is 5.83. The maximum atomic E-state index is 13.2. The van der Waals surface area contributed by atoms with Crippen molar-refractivity contribution in [2.75, 3.05) is 19.8 Å². The van der Waals surface area contributed by atoms with Crippen molar-refractivity contribution in [2.24, 2.45) is 10.8 Å². The minimum Gasteiger partial charge on any atom is -0.462 e. The molecular weight excluding hydrogens is 492 g/mol. The van der Waals surface area contributed by atoms with Crippen LogP contribution in [0.1, 0.15) is 46.5 Å². The number of epoxide rings is 1. The maximum absolute atomic E-state index is 13.2. The second-order valence-corrected chi connectivity index (χ2v) is 11.8. The lowest BCUT2D eigenvalue weighted by Crippen LogP contribution is -2.66. The van der Waals surface area contributed by atoms with Crippen LogP contribution >= 0.6 is 0 Å². The molecule has 0 aromatic heterocycles. The fourth-order valence-corrected chi connectivity index (χ4v) is 7.68. The van der Waals surface area contributed by atoms with Crippen LogP contribution in [0.5, 0.6) is 0 Å². The Kier molecular flexibility index (Phi) is 6.05. The van der Waals surface area contributed by atoms with Crippen LogP contribution in [0.2, 0.25) is 0 Å². The molecule has 4 aliphatic heterocycles. The predicted molar refractivity (Wildman–Crippen MR) is 134 cm³/mol. The quantitative estimate of drug-likeness (QED) is 0.299. The van der Waals surface area contributed by atoms with Gasteiger partial charge in [-0.3, -0.25) is 0 Å². The Bertz CT molecular complexity index is 1150. The van der Waals surface area contributed by atoms with Crippen LogP contribution in [-0.4, -0.2) is 83.7 Å². The van der Waals surface area contributed by atoms with Crippen LogP contribution in [0.25, 0.3) is 0 Å². The Morgan fingerprint density at radius 1 is 1.08 bits per heavy atom. The summed E-state index contributed by atoms with van der Waals surface area (Å²) in [6.45, 7) is 6.43. The molecule has 2 N–H and O–H groups in total. The summed E-state index contributed by atoms with van der Waals surface area (Å²) in [4.78, 5) is 26.2. The summed E-state index contributed by atoms with van der Waals surface area (Å²) in [7, 11) is 0. The first-order valence-corrected chi connectivity index (χ1v) is 13.5. The molecule has 4 fully saturated rings. The Hall–Kier alpha value is -2.30. The molecule has 38 heavy (non-hydrogen) atoms. The van der Waals surface area contributed by atoms with Gasteiger partial charge in [-0.25, -0.2) is 9.59 Å². The van der Waals surface area contributed by atoms with Gasteiger partial charge in [0.05, 0.1) is 36.9 Å². The van der Waals surface area contributed by atoms with Crippen LogP contribution in [0.4, 0.5) is 0 Å². The molecule has 6 rings (SSSR count). The van der Waals surface area contributed by atoms with E-state index in [0.29, 0.717) is 31.4 Å². The number of fused-ring (bicyclic) bond motifs is 2. The summed E-state index contributed by atoms with van der Waals surface area (Å²) >= 11 is 0. The van der Waals surface area contributed by atoms with Gasteiger partial charge in [0.2, 0.25) is 0 Å². The van der Waals surface area contributed by atoms with E-state index in [1.807, 2.05) is 0 Å². The number of esters is 2. The molecule has 4 bridgehead atoms. The summed E-state index contributed by atoms with van der Waals surface area (Å²) < 4.78 is 30.6. The van der Waals surface area contributed by atoms with Gasteiger partial charge in [-0.1, -0.05) is 30.7 Å². The summed E-state index contributed by atoms with van der Waals surface area (Å²) in [5.74, 6) is -1.10. The lowest BCUT2D eigenvalue weighted by molar-refractivity contribution is -0.232. The number of carbonyl (C=O) groups is 2. The van der Waals surface area contributed by atoms with Crippen molar-refractivity contribution in [1.82, 2.24) is 0 Å². The summed E-state index contributed by atoms with van der Waals surface area (Å²) in [6, 6.07) is 0. The molecule has 0 amide bonds. The summed E-state index contributed by atoms with van der Waals surface area (Å²) in [5, 5.41) is 21.7. The molecule has 9 atom stereocenters. The number of carbonyl (C=O) groups excluding carboxylic acids is 2. The summed E-state index contributed by atoms with van der Waals surface area (Å²) in [5.41, 5.74) is -1.76. The van der Waals surface area contributed by atoms with Crippen molar-refractivity contribution in [3.8, 4) is 0 Å². The number of ether oxygens (including phenoxy) is 5. The van der Waals surface area contributed by atoms with E-state index in [1.165, 1.54) is 36.8 Å². The molecule has 206 valence electrons. The fraction of sp³-hybridized carbons (Fsp3) is 0.655. The minimum atomic E-state index is -1.47. The van der Waals surface area contributed by atoms with Crippen LogP contribution in [-0.2, 0) is 33.3 Å². The average Bonchev–Trinajstić information content (AvgIpc) is 3.65. The van der Waals surface area contributed by atoms with E-state index >= 15 is 0 Å². The number of aliphatic hydroxyl groups excluding tert-OH is 2. The second kappa shape index (κ2) is 8.86. The van der Waals surface area contributed by atoms with E-state index < -0.39 is 52.3 Å². The normalized spacial score (nSPS) is 50.0. The lowest BCUT2D eigenvalue weighted by atomic mass is 9.51. The first-order valence-electron chi connectivity index (χ1n) is 13.5. The monoisotopic (exact) mass is 528 g/mol. The number of aliphatic hydroxyl groups is 2. The average molecular weight is 529 g/mol. The topological polar surface area (TPSA) is 124 Å². The zero-order valence-corrected chi connectivity index (χ0v) is 22.1. The van der Waals surface area contributed by atoms with Crippen molar-refractivity contribution in [3.05, 3.63) is 47.6 Å². The zero-order valence-electron chi connectivity index (χ0n) is 22.1. The van der Waals surface area contributed by atoms with Gasteiger partial charge in [0, 0.05) is 24.0 Å². The lowest BCUT2D eigenvalue weighted by Gasteiger charge is -2.58. The highest BCUT2D eigenvalue weighted by atomic mass is 16.6. The first-order chi connectivity index (χ1) is 18.1. The molecule has 2 aliphatic carbocycles. The molecule has 9 nitrogen and oxygen atoms in total. The van der Waals surface area contributed by atoms with Gasteiger partial charge < -0.3 is 33.9 Å². The van der Waals surface area contributed by atoms with E-state index in [0.717, 1.165) is 6.42 Å². The molecule has 3 saturated heterocycles. The number of rotatable bonds is 1. The molecule has 6 aliphatic rings. The predicted octanol–water partition coefficient (Wildman–Crippen LogP) is 2.07. The smallest absolute Gasteiger partial charge is 0.331 e. The largest absolute Gasteiger partial charge is 0.462 e. The van der Waals surface area contributed by atoms with Crippen molar-refractivity contribution in [2.45, 2.75) is 88.2 Å². The first kappa shape index (κ1) is 26.0. The van der Waals surface area contributed by atoms with E-state index in [9.17, 15) is 19.8 Å². The van der Waals surface area contributed by atoms with Gasteiger partial charge in [-0.15, -0.1) is 0 Å². The van der Waals surface area contributed by atoms with Crippen molar-refractivity contribution < 1.29 is 43.5 Å². The number of cyclic esters (lactones) is 1. The summed E-state index contributed by atoms with van der Waals surface area (Å²) in [6.07, 6.45) is 8.21. The molecule has 0 radical (unpaired) electrons. The highest BCUT2D eigenvalue weighted by Gasteiger charge is 2.83. The molecule has 1 saturated carbocycles. The van der Waals surface area contributed by atoms with Crippen molar-refractivity contribution >= 4 is 11.9 Å². The Morgan fingerprint density at radius 3 is 2.61 bits per heavy atom. The van der Waals surface area contributed by atoms with Gasteiger partial charge in [0.1, 0.15) is 30.0 Å². The van der Waals surface area contributed by atoms with Gasteiger partial charge in [0.15, 0.2) is 0 Å². The molecule has 0 aromatic carbocycles. The number of hydrogen-bond acceptors (Lipinski definition) is 9. The molecule has 2 unspecified atom stereocenters. The van der Waals surface area contributed by atoms with Gasteiger partial charge in [-0.2, -0.15) is 0 Å². The Labute approximate surface area is 222 Å². The highest BCUT2D eigenvalue weighted by Crippen LogP contribution is 2.72. The fourth-order valence-electron chi connectivity index (χ4n) is 7.68. The van der Waals surface area contributed by atoms with Crippen LogP contribution < -0.4 is 0 Å². The van der Waals surface area contributed by atoms with E-state index in [2.05, 4.69) is 19.9 Å². The van der Waals surface area contributed by atoms with Crippen LogP contribution in [0, 0.1) is 10.8 Å². The van der Waals surface area contributed by atoms with Crippen molar-refractivity contribution in [3.63, 3.8) is 0 Å². The number of allylic oxidation sites excluding steroid dienone is 3. The van der Waals surface area contributed by atoms with Crippen LogP contribution in [0.15, 0.2) is 47.6 Å². The second-order valence-electron chi connectivity index (χ2n) is 11.8. The molecule has 2 spiro atoms. The van der Waals surface area contributed by atoms with E-state index in [1.54, 1.807) is 6.08 Å². The molecule has 4 heterocycles. The van der Waals surface area contributed by atoms with Crippen LogP contribution in [0.3, 0.4) is 0 Å².